The Kier molecular flexibility index (Phi) is 4.24. The maximum absolute atomic E-state index is 11.7. The third-order valence-electron chi connectivity index (χ3n) is 3.38. The molecule has 2 atom stereocenters. The highest BCUT2D eigenvalue weighted by Crippen LogP contribution is 2.48. The summed E-state index contributed by atoms with van der Waals surface area (Å²) >= 11 is 0. The zero-order chi connectivity index (χ0) is 13.0. The van der Waals surface area contributed by atoms with Gasteiger partial charge in [0.2, 0.25) is 0 Å². The molecule has 18 heavy (non-hydrogen) atoms. The van der Waals surface area contributed by atoms with Crippen LogP contribution in [0.15, 0.2) is 24.3 Å². The van der Waals surface area contributed by atoms with E-state index in [1.54, 1.807) is 7.11 Å². The van der Waals surface area contributed by atoms with Crippen molar-refractivity contribution in [2.24, 2.45) is 5.92 Å². The lowest BCUT2D eigenvalue weighted by Gasteiger charge is -2.04. The van der Waals surface area contributed by atoms with Gasteiger partial charge in [0.1, 0.15) is 5.75 Å². The average molecular weight is 248 g/mol. The predicted octanol–water partition coefficient (Wildman–Crippen LogP) is 3.14. The number of esters is 1. The van der Waals surface area contributed by atoms with E-state index < -0.39 is 0 Å². The quantitative estimate of drug-likeness (QED) is 0.573. The van der Waals surface area contributed by atoms with E-state index in [2.05, 4.69) is 6.92 Å². The molecule has 0 aromatic heterocycles. The summed E-state index contributed by atoms with van der Waals surface area (Å²) in [5, 5.41) is 0. The zero-order valence-electron chi connectivity index (χ0n) is 11.0. The van der Waals surface area contributed by atoms with Crippen molar-refractivity contribution in [2.75, 3.05) is 13.7 Å². The summed E-state index contributed by atoms with van der Waals surface area (Å²) in [4.78, 5) is 11.7. The highest BCUT2D eigenvalue weighted by Gasteiger charge is 2.45. The second-order valence-corrected chi connectivity index (χ2v) is 4.74. The summed E-state index contributed by atoms with van der Waals surface area (Å²) in [5.74, 6) is 1.21. The minimum atomic E-state index is -0.0377. The largest absolute Gasteiger partial charge is 0.497 e. The molecule has 0 bridgehead atoms. The van der Waals surface area contributed by atoms with E-state index in [0.29, 0.717) is 12.5 Å². The molecule has 0 unspecified atom stereocenters. The fourth-order valence-electron chi connectivity index (χ4n) is 2.10. The molecule has 1 aliphatic carbocycles. The zero-order valence-corrected chi connectivity index (χ0v) is 11.0. The second-order valence-electron chi connectivity index (χ2n) is 4.74. The van der Waals surface area contributed by atoms with E-state index in [4.69, 9.17) is 9.47 Å². The van der Waals surface area contributed by atoms with E-state index >= 15 is 0 Å². The van der Waals surface area contributed by atoms with Crippen molar-refractivity contribution in [2.45, 2.75) is 32.1 Å². The maximum atomic E-state index is 11.7. The molecule has 1 aromatic rings. The molecule has 1 saturated carbocycles. The van der Waals surface area contributed by atoms with Crippen LogP contribution in [0.25, 0.3) is 0 Å². The topological polar surface area (TPSA) is 35.5 Å². The number of carbonyl (C=O) groups excluding carboxylic acids is 1. The highest BCUT2D eigenvalue weighted by molar-refractivity contribution is 5.77. The van der Waals surface area contributed by atoms with E-state index in [1.807, 2.05) is 24.3 Å². The van der Waals surface area contributed by atoms with Gasteiger partial charge in [-0.2, -0.15) is 0 Å². The van der Waals surface area contributed by atoms with Gasteiger partial charge in [0.15, 0.2) is 0 Å². The van der Waals surface area contributed by atoms with E-state index in [9.17, 15) is 4.79 Å². The Balaban J connectivity index is 1.84. The molecule has 0 radical (unpaired) electrons. The number of methoxy groups -OCH3 is 1. The number of ether oxygens (including phenoxy) is 2. The van der Waals surface area contributed by atoms with Crippen LogP contribution in [0, 0.1) is 5.92 Å². The van der Waals surface area contributed by atoms with Gasteiger partial charge in [-0.25, -0.2) is 0 Å². The summed E-state index contributed by atoms with van der Waals surface area (Å²) < 4.78 is 10.4. The molecular weight excluding hydrogens is 228 g/mol. The number of benzene rings is 1. The standard InChI is InChI=1S/C15H20O3/c1-3-4-9-18-15(16)14-10-13(14)11-5-7-12(17-2)8-6-11/h5-8,13-14H,3-4,9-10H2,1-2H3/t13-,14-/m1/s1. The van der Waals surface area contributed by atoms with Crippen LogP contribution in [0.3, 0.4) is 0 Å². The Morgan fingerprint density at radius 1 is 1.33 bits per heavy atom. The predicted molar refractivity (Wildman–Crippen MR) is 69.7 cm³/mol. The molecule has 1 aliphatic rings. The molecule has 2 rings (SSSR count). The van der Waals surface area contributed by atoms with Gasteiger partial charge in [0.05, 0.1) is 19.6 Å². The lowest BCUT2D eigenvalue weighted by atomic mass is 10.1. The second kappa shape index (κ2) is 5.89. The summed E-state index contributed by atoms with van der Waals surface area (Å²) in [6.07, 6.45) is 2.92. The maximum Gasteiger partial charge on any atom is 0.309 e. The molecular formula is C15H20O3. The van der Waals surface area contributed by atoms with Crippen LogP contribution in [0.1, 0.15) is 37.7 Å². The molecule has 0 saturated heterocycles. The molecule has 98 valence electrons. The minimum absolute atomic E-state index is 0.0377. The molecule has 0 aliphatic heterocycles. The van der Waals surface area contributed by atoms with Gasteiger partial charge in [-0.15, -0.1) is 0 Å². The first-order chi connectivity index (χ1) is 8.76. The fourth-order valence-corrected chi connectivity index (χ4v) is 2.10. The monoisotopic (exact) mass is 248 g/mol. The number of unbranched alkanes of at least 4 members (excludes halogenated alkanes) is 1. The summed E-state index contributed by atoms with van der Waals surface area (Å²) in [6.45, 7) is 2.65. The molecule has 1 aromatic carbocycles. The van der Waals surface area contributed by atoms with Crippen LogP contribution >= 0.6 is 0 Å². The number of rotatable bonds is 6. The van der Waals surface area contributed by atoms with Crippen LogP contribution in [-0.4, -0.2) is 19.7 Å². The van der Waals surface area contributed by atoms with Crippen molar-refractivity contribution in [3.63, 3.8) is 0 Å². The van der Waals surface area contributed by atoms with Crippen molar-refractivity contribution in [1.29, 1.82) is 0 Å². The van der Waals surface area contributed by atoms with Crippen LogP contribution in [0.5, 0.6) is 5.75 Å². The van der Waals surface area contributed by atoms with Gasteiger partial charge >= 0.3 is 5.97 Å². The SMILES string of the molecule is CCCCOC(=O)[C@@H]1C[C@@H]1c1ccc(OC)cc1. The van der Waals surface area contributed by atoms with Crippen molar-refractivity contribution >= 4 is 5.97 Å². The van der Waals surface area contributed by atoms with E-state index in [1.165, 1.54) is 5.56 Å². The first-order valence-electron chi connectivity index (χ1n) is 6.56. The van der Waals surface area contributed by atoms with Gasteiger partial charge in [-0.1, -0.05) is 25.5 Å². The Hall–Kier alpha value is -1.51. The van der Waals surface area contributed by atoms with E-state index in [-0.39, 0.29) is 11.9 Å². The number of hydrogen-bond acceptors (Lipinski definition) is 3. The Morgan fingerprint density at radius 3 is 2.67 bits per heavy atom. The summed E-state index contributed by atoms with van der Waals surface area (Å²) in [7, 11) is 1.65. The molecule has 3 nitrogen and oxygen atoms in total. The van der Waals surface area contributed by atoms with Crippen molar-refractivity contribution in [3.05, 3.63) is 29.8 Å². The number of carbonyl (C=O) groups is 1. The lowest BCUT2D eigenvalue weighted by molar-refractivity contribution is -0.145. The Labute approximate surface area is 108 Å². The van der Waals surface area contributed by atoms with Crippen LogP contribution < -0.4 is 4.74 Å². The van der Waals surface area contributed by atoms with Gasteiger partial charge in [0.25, 0.3) is 0 Å². The first-order valence-corrected chi connectivity index (χ1v) is 6.56. The van der Waals surface area contributed by atoms with Crippen LogP contribution in [-0.2, 0) is 9.53 Å². The summed E-state index contributed by atoms with van der Waals surface area (Å²) in [5.41, 5.74) is 1.20. The third-order valence-corrected chi connectivity index (χ3v) is 3.38. The van der Waals surface area contributed by atoms with Crippen molar-refractivity contribution in [1.82, 2.24) is 0 Å². The highest BCUT2D eigenvalue weighted by atomic mass is 16.5. The smallest absolute Gasteiger partial charge is 0.309 e. The van der Waals surface area contributed by atoms with Crippen molar-refractivity contribution < 1.29 is 14.3 Å². The third kappa shape index (κ3) is 3.03. The molecule has 0 heterocycles. The van der Waals surface area contributed by atoms with Gasteiger partial charge in [-0.3, -0.25) is 4.79 Å². The summed E-state index contributed by atoms with van der Waals surface area (Å²) in [6, 6.07) is 7.94. The fraction of sp³-hybridized carbons (Fsp3) is 0.533. The van der Waals surface area contributed by atoms with Gasteiger partial charge < -0.3 is 9.47 Å². The molecule has 1 fully saturated rings. The molecule has 0 N–H and O–H groups in total. The number of hydrogen-bond donors (Lipinski definition) is 0. The van der Waals surface area contributed by atoms with E-state index in [0.717, 1.165) is 25.0 Å². The minimum Gasteiger partial charge on any atom is -0.497 e. The van der Waals surface area contributed by atoms with Crippen LogP contribution in [0.2, 0.25) is 0 Å². The molecule has 0 amide bonds. The lowest BCUT2D eigenvalue weighted by Crippen LogP contribution is -2.08. The van der Waals surface area contributed by atoms with Crippen molar-refractivity contribution in [3.8, 4) is 5.75 Å². The Morgan fingerprint density at radius 2 is 2.06 bits per heavy atom. The normalized spacial score (nSPS) is 21.4. The first kappa shape index (κ1) is 12.9. The van der Waals surface area contributed by atoms with Gasteiger partial charge in [-0.05, 0) is 36.5 Å². The Bertz CT molecular complexity index is 397. The molecule has 0 spiro atoms. The molecule has 3 heteroatoms. The van der Waals surface area contributed by atoms with Gasteiger partial charge in [0, 0.05) is 0 Å². The van der Waals surface area contributed by atoms with Crippen LogP contribution in [0.4, 0.5) is 0 Å². The average Bonchev–Trinajstić information content (AvgIpc) is 3.19.